The Labute approximate surface area is 202 Å². The number of carbonyl (C=O) groups excluding carboxylic acids is 1. The lowest BCUT2D eigenvalue weighted by atomic mass is 9.33. The first kappa shape index (κ1) is 24.0. The zero-order valence-corrected chi connectivity index (χ0v) is 22.6. The Bertz CT molecular complexity index is 900. The molecule has 3 heteroatoms. The standard InChI is InChI=1S/C30H48O3/c1-24(2)15-16-26(5)17-18-29(8)22(30(26,19-24)33-32)10-9-21-27(6)13-12-23(31)25(3,4)20(27)11-14-28(21,29)7/h10,20-21,32H,9,11-19H2,1-8H3/t20?,21-,26-,27+,28-,29-,30-/m1/s1. The third kappa shape index (κ3) is 2.73. The number of fused-ring (bicyclic) bond motifs is 7. The molecule has 0 heterocycles. The molecule has 186 valence electrons. The number of rotatable bonds is 1. The monoisotopic (exact) mass is 456 g/mol. The fourth-order valence-electron chi connectivity index (χ4n) is 10.6. The molecule has 0 saturated heterocycles. The normalized spacial score (nSPS) is 52.6. The first-order valence-electron chi connectivity index (χ1n) is 13.7. The largest absolute Gasteiger partial charge is 0.299 e. The Balaban J connectivity index is 1.64. The Morgan fingerprint density at radius 1 is 0.879 bits per heavy atom. The van der Waals surface area contributed by atoms with Crippen molar-refractivity contribution in [1.82, 2.24) is 0 Å². The fraction of sp³-hybridized carbons (Fsp3) is 0.900. The zero-order chi connectivity index (χ0) is 24.3. The maximum atomic E-state index is 12.9. The molecular formula is C30H48O3. The van der Waals surface area contributed by atoms with Crippen LogP contribution in [0.2, 0.25) is 0 Å². The summed E-state index contributed by atoms with van der Waals surface area (Å²) in [5.74, 6) is 1.51. The molecule has 0 aromatic rings. The SMILES string of the molecule is CC1(C)CC[C@]2(C)CC[C@]3(C)C(=CC[C@@H]4[C@@]5(C)CCC(=O)C(C)(C)C5CC[C@]43C)[C@]2(OO)C1. The van der Waals surface area contributed by atoms with E-state index in [0.717, 1.165) is 44.9 Å². The summed E-state index contributed by atoms with van der Waals surface area (Å²) in [5, 5.41) is 10.7. The average molecular weight is 457 g/mol. The molecule has 0 radical (unpaired) electrons. The van der Waals surface area contributed by atoms with Crippen molar-refractivity contribution in [3.05, 3.63) is 11.6 Å². The molecule has 3 nitrogen and oxygen atoms in total. The molecule has 5 aliphatic carbocycles. The topological polar surface area (TPSA) is 46.5 Å². The molecule has 0 amide bonds. The van der Waals surface area contributed by atoms with E-state index in [1.807, 2.05) is 0 Å². The van der Waals surface area contributed by atoms with Crippen LogP contribution in [0.3, 0.4) is 0 Å². The molecule has 0 aliphatic heterocycles. The quantitative estimate of drug-likeness (QED) is 0.247. The van der Waals surface area contributed by atoms with Gasteiger partial charge in [0.05, 0.1) is 0 Å². The maximum Gasteiger partial charge on any atom is 0.138 e. The van der Waals surface area contributed by atoms with E-state index in [0.29, 0.717) is 17.6 Å². The van der Waals surface area contributed by atoms with E-state index in [2.05, 4.69) is 61.5 Å². The number of ketones is 1. The summed E-state index contributed by atoms with van der Waals surface area (Å²) < 4.78 is 0. The second-order valence-electron chi connectivity index (χ2n) is 15.2. The molecule has 0 bridgehead atoms. The van der Waals surface area contributed by atoms with Crippen LogP contribution in [0.25, 0.3) is 0 Å². The van der Waals surface area contributed by atoms with Gasteiger partial charge in [-0.1, -0.05) is 61.5 Å². The van der Waals surface area contributed by atoms with Crippen LogP contribution in [-0.4, -0.2) is 16.6 Å². The van der Waals surface area contributed by atoms with Gasteiger partial charge in [0.1, 0.15) is 11.4 Å². The summed E-state index contributed by atoms with van der Waals surface area (Å²) >= 11 is 0. The molecule has 7 atom stereocenters. The van der Waals surface area contributed by atoms with Gasteiger partial charge in [0, 0.05) is 17.3 Å². The van der Waals surface area contributed by atoms with Crippen LogP contribution in [-0.2, 0) is 9.68 Å². The van der Waals surface area contributed by atoms with Gasteiger partial charge in [-0.2, -0.15) is 0 Å². The second kappa shape index (κ2) is 6.75. The Morgan fingerprint density at radius 2 is 1.55 bits per heavy atom. The third-order valence-electron chi connectivity index (χ3n) is 13.0. The molecule has 0 aromatic heterocycles. The molecule has 1 N–H and O–H groups in total. The van der Waals surface area contributed by atoms with Crippen LogP contribution < -0.4 is 0 Å². The van der Waals surface area contributed by atoms with Crippen LogP contribution in [0.5, 0.6) is 0 Å². The second-order valence-corrected chi connectivity index (χ2v) is 15.2. The van der Waals surface area contributed by atoms with Crippen molar-refractivity contribution in [2.45, 2.75) is 125 Å². The Kier molecular flexibility index (Phi) is 4.92. The van der Waals surface area contributed by atoms with Crippen molar-refractivity contribution in [2.75, 3.05) is 0 Å². The zero-order valence-electron chi connectivity index (χ0n) is 22.6. The fourth-order valence-corrected chi connectivity index (χ4v) is 10.6. The van der Waals surface area contributed by atoms with E-state index >= 15 is 0 Å². The third-order valence-corrected chi connectivity index (χ3v) is 13.0. The van der Waals surface area contributed by atoms with Gasteiger partial charge in [-0.05, 0) is 96.9 Å². The summed E-state index contributed by atoms with van der Waals surface area (Å²) in [5.41, 5.74) is 1.14. The first-order chi connectivity index (χ1) is 15.1. The van der Waals surface area contributed by atoms with E-state index in [1.165, 1.54) is 24.8 Å². The first-order valence-corrected chi connectivity index (χ1v) is 13.7. The molecule has 0 spiro atoms. The van der Waals surface area contributed by atoms with Gasteiger partial charge in [0.25, 0.3) is 0 Å². The lowest BCUT2D eigenvalue weighted by molar-refractivity contribution is -0.369. The van der Waals surface area contributed by atoms with Gasteiger partial charge in [-0.15, -0.1) is 0 Å². The number of allylic oxidation sites excluding steroid dienone is 1. The van der Waals surface area contributed by atoms with Gasteiger partial charge < -0.3 is 0 Å². The molecule has 33 heavy (non-hydrogen) atoms. The van der Waals surface area contributed by atoms with Crippen molar-refractivity contribution in [1.29, 1.82) is 0 Å². The lowest BCUT2D eigenvalue weighted by Gasteiger charge is -2.72. The molecule has 1 unspecified atom stereocenters. The Morgan fingerprint density at radius 3 is 2.21 bits per heavy atom. The van der Waals surface area contributed by atoms with Gasteiger partial charge in [0.15, 0.2) is 0 Å². The highest BCUT2D eigenvalue weighted by molar-refractivity contribution is 5.85. The predicted octanol–water partition coefficient (Wildman–Crippen LogP) is 7.99. The molecule has 4 fully saturated rings. The number of carbonyl (C=O) groups is 1. The van der Waals surface area contributed by atoms with Crippen molar-refractivity contribution in [3.63, 3.8) is 0 Å². The summed E-state index contributed by atoms with van der Waals surface area (Å²) in [7, 11) is 0. The van der Waals surface area contributed by atoms with Crippen molar-refractivity contribution >= 4 is 5.78 Å². The van der Waals surface area contributed by atoms with Crippen molar-refractivity contribution in [2.24, 2.45) is 44.3 Å². The Hall–Kier alpha value is -0.670. The maximum absolute atomic E-state index is 12.9. The number of hydrogen-bond donors (Lipinski definition) is 1. The van der Waals surface area contributed by atoms with E-state index in [-0.39, 0.29) is 32.5 Å². The van der Waals surface area contributed by atoms with E-state index < -0.39 is 5.60 Å². The minimum absolute atomic E-state index is 0.00778. The van der Waals surface area contributed by atoms with Crippen molar-refractivity contribution in [3.8, 4) is 0 Å². The molecule has 5 aliphatic rings. The molecule has 0 aromatic carbocycles. The summed E-state index contributed by atoms with van der Waals surface area (Å²) in [4.78, 5) is 18.7. The van der Waals surface area contributed by atoms with Crippen LogP contribution >= 0.6 is 0 Å². The lowest BCUT2D eigenvalue weighted by Crippen LogP contribution is -2.68. The van der Waals surface area contributed by atoms with Gasteiger partial charge >= 0.3 is 0 Å². The number of hydrogen-bond acceptors (Lipinski definition) is 3. The number of Topliss-reactive ketones (excluding diaryl/α,β-unsaturated/α-hetero) is 1. The van der Waals surface area contributed by atoms with Crippen LogP contribution in [0, 0.1) is 44.3 Å². The van der Waals surface area contributed by atoms with Gasteiger partial charge in [-0.25, -0.2) is 4.89 Å². The average Bonchev–Trinajstić information content (AvgIpc) is 2.73. The highest BCUT2D eigenvalue weighted by atomic mass is 17.1. The highest BCUT2D eigenvalue weighted by Crippen LogP contribution is 2.76. The summed E-state index contributed by atoms with van der Waals surface area (Å²) in [6.07, 6.45) is 13.2. The minimum atomic E-state index is -0.574. The van der Waals surface area contributed by atoms with Gasteiger partial charge in [0.2, 0.25) is 0 Å². The predicted molar refractivity (Wildman–Crippen MR) is 133 cm³/mol. The van der Waals surface area contributed by atoms with E-state index in [9.17, 15) is 10.1 Å². The smallest absolute Gasteiger partial charge is 0.138 e. The summed E-state index contributed by atoms with van der Waals surface area (Å²) in [6, 6.07) is 0. The van der Waals surface area contributed by atoms with Crippen molar-refractivity contribution < 1.29 is 14.9 Å². The van der Waals surface area contributed by atoms with Crippen LogP contribution in [0.1, 0.15) is 120 Å². The van der Waals surface area contributed by atoms with Crippen LogP contribution in [0.15, 0.2) is 11.6 Å². The minimum Gasteiger partial charge on any atom is -0.299 e. The summed E-state index contributed by atoms with van der Waals surface area (Å²) in [6.45, 7) is 19.1. The molecular weight excluding hydrogens is 408 g/mol. The highest BCUT2D eigenvalue weighted by Gasteiger charge is 2.71. The van der Waals surface area contributed by atoms with E-state index in [4.69, 9.17) is 4.89 Å². The van der Waals surface area contributed by atoms with Gasteiger partial charge in [-0.3, -0.25) is 10.1 Å². The van der Waals surface area contributed by atoms with E-state index in [1.54, 1.807) is 0 Å². The molecule has 5 rings (SSSR count). The van der Waals surface area contributed by atoms with Crippen LogP contribution in [0.4, 0.5) is 0 Å². The molecule has 4 saturated carbocycles.